The SMILES string of the molecule is O=C(Nc1cnsc1N1CCCC(O)C1)c1cccc(-c2c(F)cccc2F)n1. The van der Waals surface area contributed by atoms with Gasteiger partial charge in [-0.25, -0.2) is 13.8 Å². The Morgan fingerprint density at radius 3 is 2.72 bits per heavy atom. The first-order chi connectivity index (χ1) is 14.0. The van der Waals surface area contributed by atoms with E-state index in [9.17, 15) is 18.7 Å². The second kappa shape index (κ2) is 8.22. The van der Waals surface area contributed by atoms with Crippen molar-refractivity contribution in [2.24, 2.45) is 0 Å². The Hall–Kier alpha value is -2.91. The van der Waals surface area contributed by atoms with Crippen LogP contribution in [0.15, 0.2) is 42.6 Å². The number of carbonyl (C=O) groups is 1. The standard InChI is InChI=1S/C20H18F2N4O2S/c21-13-5-1-6-14(22)18(13)15-7-2-8-16(24-15)19(28)25-17-10-23-29-20(17)26-9-3-4-12(27)11-26/h1-2,5-8,10,12,27H,3-4,9,11H2,(H,25,28). The number of aliphatic hydroxyl groups excluding tert-OH is 1. The lowest BCUT2D eigenvalue weighted by Gasteiger charge is -2.31. The number of aliphatic hydroxyl groups is 1. The van der Waals surface area contributed by atoms with Gasteiger partial charge in [0, 0.05) is 13.1 Å². The maximum absolute atomic E-state index is 14.1. The molecule has 4 rings (SSSR count). The van der Waals surface area contributed by atoms with Crippen LogP contribution >= 0.6 is 11.5 Å². The van der Waals surface area contributed by atoms with Gasteiger partial charge in [-0.1, -0.05) is 12.1 Å². The summed E-state index contributed by atoms with van der Waals surface area (Å²) < 4.78 is 32.2. The van der Waals surface area contributed by atoms with Gasteiger partial charge < -0.3 is 15.3 Å². The Kier molecular flexibility index (Phi) is 5.50. The van der Waals surface area contributed by atoms with Crippen LogP contribution < -0.4 is 10.2 Å². The van der Waals surface area contributed by atoms with Crippen molar-refractivity contribution in [1.29, 1.82) is 0 Å². The van der Waals surface area contributed by atoms with Crippen molar-refractivity contribution >= 4 is 28.1 Å². The van der Waals surface area contributed by atoms with Crippen LogP contribution in [0.25, 0.3) is 11.3 Å². The zero-order valence-corrected chi connectivity index (χ0v) is 16.1. The van der Waals surface area contributed by atoms with Crippen molar-refractivity contribution in [3.63, 3.8) is 0 Å². The number of halogens is 2. The zero-order chi connectivity index (χ0) is 20.4. The Morgan fingerprint density at radius 2 is 1.97 bits per heavy atom. The quantitative estimate of drug-likeness (QED) is 0.678. The van der Waals surface area contributed by atoms with E-state index in [1.165, 1.54) is 35.8 Å². The molecule has 0 spiro atoms. The Balaban J connectivity index is 1.57. The minimum Gasteiger partial charge on any atom is -0.391 e. The summed E-state index contributed by atoms with van der Waals surface area (Å²) in [6, 6.07) is 8.00. The molecule has 0 bridgehead atoms. The molecule has 1 aliphatic heterocycles. The summed E-state index contributed by atoms with van der Waals surface area (Å²) in [6.45, 7) is 1.24. The average molecular weight is 416 g/mol. The van der Waals surface area contributed by atoms with Gasteiger partial charge in [0.05, 0.1) is 29.2 Å². The van der Waals surface area contributed by atoms with Crippen LogP contribution in [0, 0.1) is 11.6 Å². The number of hydrogen-bond donors (Lipinski definition) is 2. The summed E-state index contributed by atoms with van der Waals surface area (Å²) in [4.78, 5) is 18.8. The molecule has 6 nitrogen and oxygen atoms in total. The predicted octanol–water partition coefficient (Wildman–Crippen LogP) is 3.70. The predicted molar refractivity (Wildman–Crippen MR) is 107 cm³/mol. The molecule has 1 aliphatic rings. The molecule has 2 aromatic heterocycles. The monoisotopic (exact) mass is 416 g/mol. The lowest BCUT2D eigenvalue weighted by molar-refractivity contribution is 0.102. The van der Waals surface area contributed by atoms with Gasteiger partial charge in [-0.3, -0.25) is 4.79 Å². The summed E-state index contributed by atoms with van der Waals surface area (Å²) in [7, 11) is 0. The fraction of sp³-hybridized carbons (Fsp3) is 0.250. The molecule has 1 unspecified atom stereocenters. The van der Waals surface area contributed by atoms with Crippen molar-refractivity contribution < 1.29 is 18.7 Å². The maximum atomic E-state index is 14.1. The number of piperidine rings is 1. The van der Waals surface area contributed by atoms with Crippen molar-refractivity contribution in [1.82, 2.24) is 9.36 Å². The number of pyridine rings is 1. The van der Waals surface area contributed by atoms with Gasteiger partial charge in [0.25, 0.3) is 5.91 Å². The normalized spacial score (nSPS) is 16.7. The van der Waals surface area contributed by atoms with Gasteiger partial charge in [-0.15, -0.1) is 0 Å². The molecule has 3 aromatic rings. The third-order valence-electron chi connectivity index (χ3n) is 4.68. The smallest absolute Gasteiger partial charge is 0.274 e. The molecule has 0 saturated carbocycles. The van der Waals surface area contributed by atoms with Crippen molar-refractivity contribution in [3.05, 3.63) is 59.9 Å². The number of β-amino-alcohol motifs (C(OH)–C–C–N with tert-alkyl or cyclic N) is 1. The Labute approximate surface area is 170 Å². The van der Waals surface area contributed by atoms with Crippen LogP contribution in [0.2, 0.25) is 0 Å². The molecule has 150 valence electrons. The summed E-state index contributed by atoms with van der Waals surface area (Å²) in [6.07, 6.45) is 2.73. The second-order valence-corrected chi connectivity index (χ2v) is 7.53. The van der Waals surface area contributed by atoms with E-state index in [0.29, 0.717) is 12.2 Å². The number of carbonyl (C=O) groups excluding carboxylic acids is 1. The largest absolute Gasteiger partial charge is 0.391 e. The second-order valence-electron chi connectivity index (χ2n) is 6.75. The number of aromatic nitrogens is 2. The fourth-order valence-electron chi connectivity index (χ4n) is 3.32. The number of hydrogen-bond acceptors (Lipinski definition) is 6. The van der Waals surface area contributed by atoms with Gasteiger partial charge in [-0.2, -0.15) is 4.37 Å². The number of rotatable bonds is 4. The van der Waals surface area contributed by atoms with Gasteiger partial charge in [0.2, 0.25) is 0 Å². The van der Waals surface area contributed by atoms with E-state index in [1.807, 2.05) is 4.90 Å². The first kappa shape index (κ1) is 19.4. The number of benzene rings is 1. The highest BCUT2D eigenvalue weighted by Gasteiger charge is 2.23. The van der Waals surface area contributed by atoms with Gasteiger partial charge in [0.15, 0.2) is 0 Å². The molecule has 2 N–H and O–H groups in total. The molecule has 29 heavy (non-hydrogen) atoms. The molecule has 3 heterocycles. The first-order valence-corrected chi connectivity index (χ1v) is 9.91. The lowest BCUT2D eigenvalue weighted by atomic mass is 10.1. The molecular weight excluding hydrogens is 398 g/mol. The van der Waals surface area contributed by atoms with E-state index in [4.69, 9.17) is 0 Å². The van der Waals surface area contributed by atoms with E-state index < -0.39 is 23.6 Å². The van der Waals surface area contributed by atoms with Crippen LogP contribution in [0.5, 0.6) is 0 Å². The highest BCUT2D eigenvalue weighted by atomic mass is 32.1. The fourth-order valence-corrected chi connectivity index (χ4v) is 4.06. The maximum Gasteiger partial charge on any atom is 0.274 e. The summed E-state index contributed by atoms with van der Waals surface area (Å²) in [5, 5.41) is 13.4. The third kappa shape index (κ3) is 4.10. The summed E-state index contributed by atoms with van der Waals surface area (Å²) in [5.74, 6) is -2.01. The minimum atomic E-state index is -0.747. The van der Waals surface area contributed by atoms with Crippen LogP contribution in [0.3, 0.4) is 0 Å². The number of nitrogens with one attached hydrogen (secondary N) is 1. The third-order valence-corrected chi connectivity index (χ3v) is 5.55. The van der Waals surface area contributed by atoms with Gasteiger partial charge >= 0.3 is 0 Å². The summed E-state index contributed by atoms with van der Waals surface area (Å²) in [5.41, 5.74) is 0.303. The number of nitrogens with zero attached hydrogens (tertiary/aromatic N) is 3. The highest BCUT2D eigenvalue weighted by Crippen LogP contribution is 2.33. The minimum absolute atomic E-state index is 0.0287. The summed E-state index contributed by atoms with van der Waals surface area (Å²) >= 11 is 1.23. The van der Waals surface area contributed by atoms with E-state index in [1.54, 1.807) is 6.20 Å². The van der Waals surface area contributed by atoms with Crippen LogP contribution in [0.1, 0.15) is 23.3 Å². The van der Waals surface area contributed by atoms with Gasteiger partial charge in [0.1, 0.15) is 22.3 Å². The van der Waals surface area contributed by atoms with Crippen LogP contribution in [-0.4, -0.2) is 39.6 Å². The Bertz CT molecular complexity index is 1020. The van der Waals surface area contributed by atoms with E-state index in [0.717, 1.165) is 36.5 Å². The van der Waals surface area contributed by atoms with E-state index in [-0.39, 0.29) is 17.0 Å². The first-order valence-electron chi connectivity index (χ1n) is 9.13. The van der Waals surface area contributed by atoms with Gasteiger partial charge in [-0.05, 0) is 48.6 Å². The molecule has 1 amide bonds. The number of amides is 1. The molecule has 0 aliphatic carbocycles. The molecule has 0 radical (unpaired) electrons. The van der Waals surface area contributed by atoms with E-state index >= 15 is 0 Å². The molecule has 1 saturated heterocycles. The van der Waals surface area contributed by atoms with Crippen molar-refractivity contribution in [3.8, 4) is 11.3 Å². The van der Waals surface area contributed by atoms with Crippen LogP contribution in [0.4, 0.5) is 19.5 Å². The molecule has 1 aromatic carbocycles. The molecule has 1 fully saturated rings. The van der Waals surface area contributed by atoms with Crippen LogP contribution in [-0.2, 0) is 0 Å². The lowest BCUT2D eigenvalue weighted by Crippen LogP contribution is -2.38. The van der Waals surface area contributed by atoms with Crippen molar-refractivity contribution in [2.75, 3.05) is 23.3 Å². The molecular formula is C20H18F2N4O2S. The zero-order valence-electron chi connectivity index (χ0n) is 15.3. The number of anilines is 2. The topological polar surface area (TPSA) is 78.4 Å². The van der Waals surface area contributed by atoms with E-state index in [2.05, 4.69) is 14.7 Å². The average Bonchev–Trinajstić information content (AvgIpc) is 3.16. The molecule has 9 heteroatoms. The Morgan fingerprint density at radius 1 is 1.21 bits per heavy atom. The highest BCUT2D eigenvalue weighted by molar-refractivity contribution is 7.11. The van der Waals surface area contributed by atoms with Crippen molar-refractivity contribution in [2.45, 2.75) is 18.9 Å². The molecule has 1 atom stereocenters.